The maximum absolute atomic E-state index is 2.35. The molecule has 0 saturated heterocycles. The van der Waals surface area contributed by atoms with Crippen molar-refractivity contribution in [2.45, 2.75) is 156 Å². The lowest BCUT2D eigenvalue weighted by atomic mass is 10.0. The van der Waals surface area contributed by atoms with E-state index in [1.807, 2.05) is 0 Å². The summed E-state index contributed by atoms with van der Waals surface area (Å²) in [5, 5.41) is 0. The first-order valence-electron chi connectivity index (χ1n) is 14.1. The zero-order valence-corrected chi connectivity index (χ0v) is 21.8. The highest BCUT2D eigenvalue weighted by Gasteiger charge is 1.94. The van der Waals surface area contributed by atoms with Crippen LogP contribution < -0.4 is 0 Å². The van der Waals surface area contributed by atoms with Gasteiger partial charge in [-0.2, -0.15) is 0 Å². The average Bonchev–Trinajstić information content (AvgIpc) is 2.78. The molecule has 0 saturated carbocycles. The lowest BCUT2D eigenvalue weighted by Crippen LogP contribution is -1.98. The topological polar surface area (TPSA) is 3.24 Å². The third-order valence-electron chi connectivity index (χ3n) is 6.02. The van der Waals surface area contributed by atoms with Crippen LogP contribution in [0.15, 0.2) is 36.8 Å². The van der Waals surface area contributed by atoms with Crippen molar-refractivity contribution in [3.05, 3.63) is 36.8 Å². The minimum Gasteiger partial charge on any atom is -0.332 e. The Morgan fingerprint density at radius 2 is 0.710 bits per heavy atom. The predicted molar refractivity (Wildman–Crippen MR) is 143 cm³/mol. The minimum atomic E-state index is 1.09. The Hall–Kier alpha value is -0.980. The fourth-order valence-corrected chi connectivity index (χ4v) is 3.91. The first-order valence-corrected chi connectivity index (χ1v) is 14.1. The maximum atomic E-state index is 2.35. The molecule has 0 N–H and O–H groups in total. The molecule has 0 aromatic rings. The summed E-state index contributed by atoms with van der Waals surface area (Å²) in [7, 11) is 0. The van der Waals surface area contributed by atoms with Gasteiger partial charge in [-0.25, -0.2) is 0 Å². The summed E-state index contributed by atoms with van der Waals surface area (Å²) in [4.78, 5) is 2.23. The number of rotatable bonds is 24. The van der Waals surface area contributed by atoms with E-state index in [4.69, 9.17) is 0 Å². The standard InChI is InChI=1S/C30H57N/c1-4-7-10-12-14-15-16-17-18-19-20-21-22-23-25-27-30-31(28-9-6-3)29-26-24-13-11-8-5-2/h9,26-30H,4-8,10-25H2,1-3H3. The summed E-state index contributed by atoms with van der Waals surface area (Å²) in [6.07, 6.45) is 42.5. The van der Waals surface area contributed by atoms with Crippen molar-refractivity contribution in [2.24, 2.45) is 0 Å². The Morgan fingerprint density at radius 1 is 0.387 bits per heavy atom. The molecule has 0 spiro atoms. The quantitative estimate of drug-likeness (QED) is 0.137. The molecule has 0 fully saturated rings. The Bertz CT molecular complexity index is 407. The molecule has 0 aromatic heterocycles. The van der Waals surface area contributed by atoms with Crippen molar-refractivity contribution in [1.82, 2.24) is 4.90 Å². The van der Waals surface area contributed by atoms with Crippen molar-refractivity contribution in [3.63, 3.8) is 0 Å². The molecular formula is C30H57N. The number of nitrogens with zero attached hydrogens (tertiary/aromatic N) is 1. The number of hydrogen-bond acceptors (Lipinski definition) is 1. The van der Waals surface area contributed by atoms with Gasteiger partial charge in [0.2, 0.25) is 0 Å². The van der Waals surface area contributed by atoms with Gasteiger partial charge in [-0.15, -0.1) is 0 Å². The van der Waals surface area contributed by atoms with Gasteiger partial charge in [-0.3, -0.25) is 0 Å². The van der Waals surface area contributed by atoms with Crippen molar-refractivity contribution in [1.29, 1.82) is 0 Å². The fraction of sp³-hybridized carbons (Fsp3) is 0.800. The summed E-state index contributed by atoms with van der Waals surface area (Å²) in [6, 6.07) is 0. The van der Waals surface area contributed by atoms with E-state index >= 15 is 0 Å². The second kappa shape index (κ2) is 27.1. The molecule has 182 valence electrons. The monoisotopic (exact) mass is 431 g/mol. The molecule has 0 atom stereocenters. The molecule has 0 unspecified atom stereocenters. The Labute approximate surface area is 197 Å². The smallest absolute Gasteiger partial charge is 0.00417 e. The lowest BCUT2D eigenvalue weighted by molar-refractivity contribution is 0.536. The van der Waals surface area contributed by atoms with Crippen molar-refractivity contribution in [3.8, 4) is 0 Å². The zero-order chi connectivity index (χ0) is 22.7. The second-order valence-corrected chi connectivity index (χ2v) is 9.24. The van der Waals surface area contributed by atoms with E-state index in [1.165, 1.54) is 128 Å². The summed E-state index contributed by atoms with van der Waals surface area (Å²) in [5.74, 6) is 0. The lowest BCUT2D eigenvalue weighted by Gasteiger charge is -2.09. The van der Waals surface area contributed by atoms with E-state index in [0.29, 0.717) is 0 Å². The van der Waals surface area contributed by atoms with Crippen LogP contribution in [0.25, 0.3) is 0 Å². The molecule has 0 heterocycles. The highest BCUT2D eigenvalue weighted by molar-refractivity contribution is 4.99. The van der Waals surface area contributed by atoms with E-state index in [-0.39, 0.29) is 0 Å². The van der Waals surface area contributed by atoms with Crippen LogP contribution in [-0.4, -0.2) is 4.90 Å². The molecule has 0 radical (unpaired) electrons. The summed E-state index contributed by atoms with van der Waals surface area (Å²) in [6.45, 7) is 6.77. The number of hydrogen-bond donors (Lipinski definition) is 0. The SMILES string of the molecule is CCC=CN(C=CCCCCCC)C=CCCCCCCCCCCCCCCCC. The highest BCUT2D eigenvalue weighted by atomic mass is 15.1. The second-order valence-electron chi connectivity index (χ2n) is 9.24. The van der Waals surface area contributed by atoms with Crippen LogP contribution in [0.2, 0.25) is 0 Å². The summed E-state index contributed by atoms with van der Waals surface area (Å²) < 4.78 is 0. The molecule has 1 nitrogen and oxygen atoms in total. The van der Waals surface area contributed by atoms with Gasteiger partial charge in [0.05, 0.1) is 0 Å². The Balaban J connectivity index is 3.61. The zero-order valence-electron chi connectivity index (χ0n) is 21.8. The van der Waals surface area contributed by atoms with Crippen LogP contribution in [0.1, 0.15) is 156 Å². The van der Waals surface area contributed by atoms with Crippen molar-refractivity contribution in [2.75, 3.05) is 0 Å². The van der Waals surface area contributed by atoms with E-state index in [2.05, 4.69) is 62.5 Å². The van der Waals surface area contributed by atoms with E-state index in [0.717, 1.165) is 6.42 Å². The van der Waals surface area contributed by atoms with Crippen LogP contribution in [0.5, 0.6) is 0 Å². The van der Waals surface area contributed by atoms with Crippen LogP contribution in [0.3, 0.4) is 0 Å². The minimum absolute atomic E-state index is 1.09. The van der Waals surface area contributed by atoms with Gasteiger partial charge < -0.3 is 4.90 Å². The molecule has 0 aliphatic rings. The average molecular weight is 432 g/mol. The van der Waals surface area contributed by atoms with Crippen molar-refractivity contribution < 1.29 is 0 Å². The number of unbranched alkanes of at least 4 members (excludes halogenated alkanes) is 18. The number of allylic oxidation sites excluding steroid dienone is 3. The molecule has 0 aliphatic heterocycles. The highest BCUT2D eigenvalue weighted by Crippen LogP contribution is 2.13. The van der Waals surface area contributed by atoms with Gasteiger partial charge in [0.15, 0.2) is 0 Å². The molecule has 0 aromatic carbocycles. The van der Waals surface area contributed by atoms with Gasteiger partial charge in [-0.1, -0.05) is 142 Å². The van der Waals surface area contributed by atoms with Crippen LogP contribution in [0, 0.1) is 0 Å². The molecular weight excluding hydrogens is 374 g/mol. The Kier molecular flexibility index (Phi) is 26.2. The normalized spacial score (nSPS) is 12.1. The first-order chi connectivity index (χ1) is 15.3. The molecule has 0 bridgehead atoms. The third-order valence-corrected chi connectivity index (χ3v) is 6.02. The molecule has 31 heavy (non-hydrogen) atoms. The maximum Gasteiger partial charge on any atom is 0.00417 e. The fourth-order valence-electron chi connectivity index (χ4n) is 3.91. The van der Waals surface area contributed by atoms with Gasteiger partial charge in [0, 0.05) is 18.6 Å². The van der Waals surface area contributed by atoms with E-state index in [9.17, 15) is 0 Å². The van der Waals surface area contributed by atoms with Gasteiger partial charge in [0.1, 0.15) is 0 Å². The third kappa shape index (κ3) is 25.2. The molecule has 1 heteroatoms. The van der Waals surface area contributed by atoms with Crippen LogP contribution in [-0.2, 0) is 0 Å². The first kappa shape index (κ1) is 30.0. The van der Waals surface area contributed by atoms with Crippen LogP contribution in [0.4, 0.5) is 0 Å². The van der Waals surface area contributed by atoms with E-state index < -0.39 is 0 Å². The predicted octanol–water partition coefficient (Wildman–Crippen LogP) is 11.1. The molecule has 0 amide bonds. The van der Waals surface area contributed by atoms with Crippen molar-refractivity contribution >= 4 is 0 Å². The van der Waals surface area contributed by atoms with Crippen LogP contribution >= 0.6 is 0 Å². The van der Waals surface area contributed by atoms with Gasteiger partial charge >= 0.3 is 0 Å². The summed E-state index contributed by atoms with van der Waals surface area (Å²) >= 11 is 0. The van der Waals surface area contributed by atoms with Gasteiger partial charge in [-0.05, 0) is 32.1 Å². The molecule has 0 rings (SSSR count). The summed E-state index contributed by atoms with van der Waals surface area (Å²) in [5.41, 5.74) is 0. The Morgan fingerprint density at radius 3 is 1.10 bits per heavy atom. The van der Waals surface area contributed by atoms with Gasteiger partial charge in [0.25, 0.3) is 0 Å². The molecule has 0 aliphatic carbocycles. The largest absolute Gasteiger partial charge is 0.332 e. The van der Waals surface area contributed by atoms with E-state index in [1.54, 1.807) is 0 Å².